The Kier molecular flexibility index (Phi) is 3.65. The Hall–Kier alpha value is -1.77. The first kappa shape index (κ1) is 13.7. The van der Waals surface area contributed by atoms with Crippen LogP contribution in [0.1, 0.15) is 12.5 Å². The van der Waals surface area contributed by atoms with Crippen molar-refractivity contribution in [2.45, 2.75) is 26.0 Å². The number of carbonyl (C=O) groups excluding carboxylic acids is 1. The number of carbonyl (C=O) groups is 1. The van der Waals surface area contributed by atoms with Crippen molar-refractivity contribution in [2.75, 3.05) is 11.5 Å². The molecule has 6 heteroatoms. The lowest BCUT2D eigenvalue weighted by Gasteiger charge is -2.23. The molecule has 2 rings (SSSR count). The molecule has 0 aromatic heterocycles. The zero-order chi connectivity index (χ0) is 14.2. The number of cyclic esters (lactones) is 1. The standard InChI is InChI=1S/C13H13ClN2O3/c1-7-10(5-4-9(15-3)12(7)14)16-11(6-17)8(2)19-13(16)18/h4-5,8,11,17H,6H2,1-2H3/t8-,11+/m1/s1. The van der Waals surface area contributed by atoms with Gasteiger partial charge in [0, 0.05) is 5.69 Å². The van der Waals surface area contributed by atoms with Gasteiger partial charge in [-0.3, -0.25) is 4.90 Å². The lowest BCUT2D eigenvalue weighted by Crippen LogP contribution is -2.39. The van der Waals surface area contributed by atoms with E-state index in [1.807, 2.05) is 0 Å². The first-order chi connectivity index (χ1) is 9.01. The molecule has 5 nitrogen and oxygen atoms in total. The summed E-state index contributed by atoms with van der Waals surface area (Å²) in [6.45, 7) is 10.3. The molecule has 1 fully saturated rings. The smallest absolute Gasteiger partial charge is 0.415 e. The van der Waals surface area contributed by atoms with Gasteiger partial charge < -0.3 is 9.84 Å². The van der Waals surface area contributed by atoms with Gasteiger partial charge in [-0.15, -0.1) is 0 Å². The Bertz CT molecular complexity index is 568. The fourth-order valence-corrected chi connectivity index (χ4v) is 2.36. The Morgan fingerprint density at radius 3 is 2.84 bits per heavy atom. The van der Waals surface area contributed by atoms with Gasteiger partial charge in [-0.05, 0) is 25.5 Å². The highest BCUT2D eigenvalue weighted by atomic mass is 35.5. The first-order valence-corrected chi connectivity index (χ1v) is 6.16. The van der Waals surface area contributed by atoms with Crippen LogP contribution in [0.5, 0.6) is 0 Å². The summed E-state index contributed by atoms with van der Waals surface area (Å²) in [5, 5.41) is 9.71. The topological polar surface area (TPSA) is 54.1 Å². The third-order valence-corrected chi connectivity index (χ3v) is 3.74. The van der Waals surface area contributed by atoms with Gasteiger partial charge in [0.1, 0.15) is 12.1 Å². The summed E-state index contributed by atoms with van der Waals surface area (Å²) < 4.78 is 5.11. The summed E-state index contributed by atoms with van der Waals surface area (Å²) in [6.07, 6.45) is -0.905. The van der Waals surface area contributed by atoms with E-state index in [0.29, 0.717) is 22.0 Å². The minimum absolute atomic E-state index is 0.200. The molecule has 0 aliphatic carbocycles. The molecule has 1 aromatic rings. The maximum atomic E-state index is 11.9. The summed E-state index contributed by atoms with van der Waals surface area (Å²) in [4.78, 5) is 16.6. The number of anilines is 1. The van der Waals surface area contributed by atoms with Gasteiger partial charge >= 0.3 is 6.09 Å². The van der Waals surface area contributed by atoms with Gasteiger partial charge in [-0.1, -0.05) is 17.7 Å². The molecule has 1 aromatic carbocycles. The van der Waals surface area contributed by atoms with Gasteiger partial charge in [-0.25, -0.2) is 9.64 Å². The third-order valence-electron chi connectivity index (χ3n) is 3.26. The Morgan fingerprint density at radius 1 is 1.58 bits per heavy atom. The van der Waals surface area contributed by atoms with Gasteiger partial charge in [-0.2, -0.15) is 0 Å². The van der Waals surface area contributed by atoms with Crippen LogP contribution < -0.4 is 4.90 Å². The lowest BCUT2D eigenvalue weighted by molar-refractivity contribution is 0.129. The molecule has 19 heavy (non-hydrogen) atoms. The SMILES string of the molecule is [C-]#[N+]c1ccc(N2C(=O)O[C@H](C)[C@@H]2CO)c(C)c1Cl. The molecule has 1 amide bonds. The van der Waals surface area contributed by atoms with E-state index in [9.17, 15) is 9.90 Å². The lowest BCUT2D eigenvalue weighted by atomic mass is 10.1. The first-order valence-electron chi connectivity index (χ1n) is 5.78. The number of amides is 1. The van der Waals surface area contributed by atoms with Crippen LogP contribution >= 0.6 is 11.6 Å². The Labute approximate surface area is 116 Å². The highest BCUT2D eigenvalue weighted by molar-refractivity contribution is 6.34. The summed E-state index contributed by atoms with van der Waals surface area (Å²) in [6, 6.07) is 2.76. The second-order valence-electron chi connectivity index (χ2n) is 4.36. The van der Waals surface area contributed by atoms with Crippen LogP contribution in [0, 0.1) is 13.5 Å². The number of ether oxygens (including phenoxy) is 1. The summed E-state index contributed by atoms with van der Waals surface area (Å²) in [5.74, 6) is 0. The fourth-order valence-electron chi connectivity index (χ4n) is 2.15. The molecule has 0 radical (unpaired) electrons. The minimum Gasteiger partial charge on any atom is -0.444 e. The van der Waals surface area contributed by atoms with Crippen LogP contribution in [0.25, 0.3) is 4.85 Å². The Balaban J connectivity index is 2.50. The number of hydrogen-bond donors (Lipinski definition) is 1. The molecule has 1 aliphatic rings. The molecule has 1 saturated heterocycles. The van der Waals surface area contributed by atoms with Crippen molar-refractivity contribution in [3.8, 4) is 0 Å². The number of rotatable bonds is 2. The van der Waals surface area contributed by atoms with Gasteiger partial charge in [0.15, 0.2) is 0 Å². The van der Waals surface area contributed by atoms with Crippen LogP contribution in [0.2, 0.25) is 5.02 Å². The van der Waals surface area contributed by atoms with E-state index < -0.39 is 18.2 Å². The summed E-state index contributed by atoms with van der Waals surface area (Å²) in [7, 11) is 0. The van der Waals surface area contributed by atoms with Crippen LogP contribution in [0.3, 0.4) is 0 Å². The van der Waals surface area contributed by atoms with Crippen LogP contribution in [0.4, 0.5) is 16.2 Å². The zero-order valence-corrected chi connectivity index (χ0v) is 11.3. The predicted octanol–water partition coefficient (Wildman–Crippen LogP) is 2.91. The number of aliphatic hydroxyl groups excluding tert-OH is 1. The van der Waals surface area contributed by atoms with Gasteiger partial charge in [0.05, 0.1) is 18.2 Å². The van der Waals surface area contributed by atoms with E-state index in [1.54, 1.807) is 26.0 Å². The number of hydrogen-bond acceptors (Lipinski definition) is 3. The van der Waals surface area contributed by atoms with Crippen LogP contribution in [-0.2, 0) is 4.74 Å². The molecule has 0 unspecified atom stereocenters. The molecular weight excluding hydrogens is 268 g/mol. The summed E-state index contributed by atoms with van der Waals surface area (Å²) in [5.41, 5.74) is 1.52. The molecule has 1 aliphatic heterocycles. The average molecular weight is 281 g/mol. The van der Waals surface area contributed by atoms with E-state index >= 15 is 0 Å². The maximum absolute atomic E-state index is 11.9. The number of aliphatic hydroxyl groups is 1. The molecule has 2 atom stereocenters. The second kappa shape index (κ2) is 5.08. The molecule has 0 bridgehead atoms. The highest BCUT2D eigenvalue weighted by Crippen LogP contribution is 2.37. The van der Waals surface area contributed by atoms with Crippen molar-refractivity contribution in [1.29, 1.82) is 0 Å². The normalized spacial score (nSPS) is 22.3. The molecule has 0 saturated carbocycles. The van der Waals surface area contributed by atoms with Crippen LogP contribution in [0.15, 0.2) is 12.1 Å². The van der Waals surface area contributed by atoms with E-state index in [-0.39, 0.29) is 6.61 Å². The van der Waals surface area contributed by atoms with E-state index in [4.69, 9.17) is 22.9 Å². The second-order valence-corrected chi connectivity index (χ2v) is 4.74. The zero-order valence-electron chi connectivity index (χ0n) is 10.6. The van der Waals surface area contributed by atoms with Gasteiger partial charge in [0.25, 0.3) is 0 Å². The van der Waals surface area contributed by atoms with E-state index in [1.165, 1.54) is 4.90 Å². The molecule has 1 N–H and O–H groups in total. The molecule has 0 spiro atoms. The number of nitrogens with zero attached hydrogens (tertiary/aromatic N) is 2. The predicted molar refractivity (Wildman–Crippen MR) is 71.7 cm³/mol. The molecule has 100 valence electrons. The fraction of sp³-hybridized carbons (Fsp3) is 0.385. The van der Waals surface area contributed by atoms with Gasteiger partial charge in [0.2, 0.25) is 5.69 Å². The average Bonchev–Trinajstić information content (AvgIpc) is 2.67. The number of benzene rings is 1. The van der Waals surface area contributed by atoms with E-state index in [2.05, 4.69) is 4.85 Å². The Morgan fingerprint density at radius 2 is 2.26 bits per heavy atom. The van der Waals surface area contributed by atoms with Crippen molar-refractivity contribution in [3.63, 3.8) is 0 Å². The van der Waals surface area contributed by atoms with Crippen molar-refractivity contribution in [3.05, 3.63) is 34.1 Å². The largest absolute Gasteiger partial charge is 0.444 e. The quantitative estimate of drug-likeness (QED) is 0.848. The summed E-state index contributed by atoms with van der Waals surface area (Å²) >= 11 is 6.10. The van der Waals surface area contributed by atoms with Crippen molar-refractivity contribution < 1.29 is 14.6 Å². The number of halogens is 1. The van der Waals surface area contributed by atoms with Crippen molar-refractivity contribution in [1.82, 2.24) is 0 Å². The molecular formula is C13H13ClN2O3. The highest BCUT2D eigenvalue weighted by Gasteiger charge is 2.40. The van der Waals surface area contributed by atoms with Crippen molar-refractivity contribution >= 4 is 29.1 Å². The third kappa shape index (κ3) is 2.14. The maximum Gasteiger partial charge on any atom is 0.415 e. The van der Waals surface area contributed by atoms with Crippen LogP contribution in [-0.4, -0.2) is 30.0 Å². The van der Waals surface area contributed by atoms with E-state index in [0.717, 1.165) is 0 Å². The minimum atomic E-state index is -0.513. The monoisotopic (exact) mass is 280 g/mol. The van der Waals surface area contributed by atoms with Crippen molar-refractivity contribution in [2.24, 2.45) is 0 Å². The molecule has 1 heterocycles.